The molecule has 1 aliphatic rings. The molecule has 0 aromatic carbocycles. The smallest absolute Gasteiger partial charge is 0.180 e. The van der Waals surface area contributed by atoms with Gasteiger partial charge in [-0.1, -0.05) is 0 Å². The summed E-state index contributed by atoms with van der Waals surface area (Å²) in [6, 6.07) is 1.90. The van der Waals surface area contributed by atoms with Crippen molar-refractivity contribution in [3.05, 3.63) is 22.6 Å². The molecule has 0 aliphatic carbocycles. The Hall–Kier alpha value is -1.15. The number of hydrogen-bond donors (Lipinski definition) is 1. The molecule has 8 heteroatoms. The Morgan fingerprint density at radius 3 is 2.89 bits per heavy atom. The summed E-state index contributed by atoms with van der Waals surface area (Å²) in [5.74, 6) is 1.72. The van der Waals surface area contributed by atoms with Gasteiger partial charge >= 0.3 is 0 Å². The number of nitrogens with zero attached hydrogens (tertiary/aromatic N) is 3. The van der Waals surface area contributed by atoms with Gasteiger partial charge in [-0.2, -0.15) is 0 Å². The molecule has 0 amide bonds. The Balaban J connectivity index is 2.03. The van der Waals surface area contributed by atoms with Gasteiger partial charge in [0, 0.05) is 23.6 Å². The molecule has 6 nitrogen and oxygen atoms in total. The molecular formula is C10H11BrN4O2S. The van der Waals surface area contributed by atoms with Crippen LogP contribution in [0.1, 0.15) is 5.82 Å². The monoisotopic (exact) mass is 330 g/mol. The van der Waals surface area contributed by atoms with E-state index in [0.717, 1.165) is 16.0 Å². The van der Waals surface area contributed by atoms with Crippen LogP contribution >= 0.6 is 15.9 Å². The first-order chi connectivity index (χ1) is 8.55. The zero-order chi connectivity index (χ0) is 12.8. The molecule has 2 aromatic rings. The lowest BCUT2D eigenvalue weighted by Gasteiger charge is -2.04. The molecule has 3 rings (SSSR count). The van der Waals surface area contributed by atoms with Gasteiger partial charge in [0.2, 0.25) is 0 Å². The SMILES string of the molecule is O=S1(=O)CCc2nnc(-c3cc(Br)c[nH]3)n2CC1. The summed E-state index contributed by atoms with van der Waals surface area (Å²) < 4.78 is 26.0. The standard InChI is InChI=1S/C10H11BrN4O2S/c11-7-5-8(12-6-7)10-14-13-9-1-3-18(16,17)4-2-15(9)10/h5-6,12H,1-4H2. The lowest BCUT2D eigenvalue weighted by atomic mass is 10.4. The van der Waals surface area contributed by atoms with Gasteiger partial charge < -0.3 is 9.55 Å². The van der Waals surface area contributed by atoms with E-state index in [1.807, 2.05) is 16.8 Å². The van der Waals surface area contributed by atoms with Gasteiger partial charge in [0.1, 0.15) is 5.82 Å². The largest absolute Gasteiger partial charge is 0.358 e. The molecular weight excluding hydrogens is 320 g/mol. The maximum absolute atomic E-state index is 11.6. The van der Waals surface area contributed by atoms with E-state index in [-0.39, 0.29) is 11.5 Å². The third-order valence-corrected chi connectivity index (χ3v) is 5.07. The topological polar surface area (TPSA) is 80.6 Å². The second kappa shape index (κ2) is 4.20. The number of rotatable bonds is 1. The minimum atomic E-state index is -2.96. The first-order valence-electron chi connectivity index (χ1n) is 5.52. The highest BCUT2D eigenvalue weighted by atomic mass is 79.9. The second-order valence-corrected chi connectivity index (χ2v) is 7.44. The molecule has 0 atom stereocenters. The van der Waals surface area contributed by atoms with E-state index in [1.54, 1.807) is 0 Å². The Morgan fingerprint density at radius 1 is 1.33 bits per heavy atom. The van der Waals surface area contributed by atoms with Crippen molar-refractivity contribution in [3.8, 4) is 11.5 Å². The molecule has 96 valence electrons. The highest BCUT2D eigenvalue weighted by Crippen LogP contribution is 2.22. The van der Waals surface area contributed by atoms with Gasteiger partial charge in [-0.25, -0.2) is 8.42 Å². The first kappa shape index (κ1) is 11.9. The number of aromatic nitrogens is 4. The molecule has 1 N–H and O–H groups in total. The molecule has 0 saturated carbocycles. The third kappa shape index (κ3) is 2.10. The number of sulfone groups is 1. The lowest BCUT2D eigenvalue weighted by molar-refractivity contribution is 0.593. The number of halogens is 1. The summed E-state index contributed by atoms with van der Waals surface area (Å²) in [6.07, 6.45) is 2.24. The molecule has 0 bridgehead atoms. The van der Waals surface area contributed by atoms with E-state index in [2.05, 4.69) is 31.1 Å². The fraction of sp³-hybridized carbons (Fsp3) is 0.400. The van der Waals surface area contributed by atoms with Gasteiger partial charge in [-0.3, -0.25) is 0 Å². The van der Waals surface area contributed by atoms with Gasteiger partial charge in [-0.05, 0) is 22.0 Å². The van der Waals surface area contributed by atoms with Crippen LogP contribution in [0.15, 0.2) is 16.7 Å². The number of aromatic amines is 1. The molecule has 0 spiro atoms. The minimum Gasteiger partial charge on any atom is -0.358 e. The quantitative estimate of drug-likeness (QED) is 0.846. The van der Waals surface area contributed by atoms with Gasteiger partial charge in [0.15, 0.2) is 15.7 Å². The zero-order valence-corrected chi connectivity index (χ0v) is 11.8. The predicted molar refractivity (Wildman–Crippen MR) is 69.9 cm³/mol. The van der Waals surface area contributed by atoms with E-state index in [0.29, 0.717) is 18.8 Å². The second-order valence-electron chi connectivity index (χ2n) is 4.22. The lowest BCUT2D eigenvalue weighted by Crippen LogP contribution is -2.12. The first-order valence-corrected chi connectivity index (χ1v) is 8.13. The van der Waals surface area contributed by atoms with Gasteiger partial charge in [-0.15, -0.1) is 10.2 Å². The number of hydrogen-bond acceptors (Lipinski definition) is 4. The van der Waals surface area contributed by atoms with Crippen molar-refractivity contribution in [2.45, 2.75) is 13.0 Å². The van der Waals surface area contributed by atoms with Crippen LogP contribution in [0, 0.1) is 0 Å². The molecule has 18 heavy (non-hydrogen) atoms. The van der Waals surface area contributed by atoms with Crippen LogP contribution in [0.2, 0.25) is 0 Å². The normalized spacial score (nSPS) is 18.3. The molecule has 0 fully saturated rings. The van der Waals surface area contributed by atoms with Crippen LogP contribution in [-0.2, 0) is 22.8 Å². The van der Waals surface area contributed by atoms with E-state index in [4.69, 9.17) is 0 Å². The maximum Gasteiger partial charge on any atom is 0.180 e. The number of aryl methyl sites for hydroxylation is 1. The summed E-state index contributed by atoms with van der Waals surface area (Å²) in [5.41, 5.74) is 0.833. The predicted octanol–water partition coefficient (Wildman–Crippen LogP) is 1.01. The van der Waals surface area contributed by atoms with Crippen LogP contribution in [-0.4, -0.2) is 39.7 Å². The van der Waals surface area contributed by atoms with Crippen molar-refractivity contribution < 1.29 is 8.42 Å². The highest BCUT2D eigenvalue weighted by Gasteiger charge is 2.23. The summed E-state index contributed by atoms with van der Waals surface area (Å²) in [5, 5.41) is 8.22. The summed E-state index contributed by atoms with van der Waals surface area (Å²) in [6.45, 7) is 0.413. The zero-order valence-electron chi connectivity index (χ0n) is 9.43. The Kier molecular flexibility index (Phi) is 2.78. The fourth-order valence-corrected chi connectivity index (χ4v) is 3.53. The number of H-pyrrole nitrogens is 1. The van der Waals surface area contributed by atoms with E-state index in [9.17, 15) is 8.42 Å². The molecule has 3 heterocycles. The Labute approximate surface area is 112 Å². The van der Waals surface area contributed by atoms with E-state index >= 15 is 0 Å². The van der Waals surface area contributed by atoms with Crippen molar-refractivity contribution in [1.29, 1.82) is 0 Å². The maximum atomic E-state index is 11.6. The third-order valence-electron chi connectivity index (χ3n) is 2.98. The number of nitrogens with one attached hydrogen (secondary N) is 1. The van der Waals surface area contributed by atoms with Crippen LogP contribution in [0.3, 0.4) is 0 Å². The summed E-state index contributed by atoms with van der Waals surface area (Å²) in [7, 11) is -2.96. The number of fused-ring (bicyclic) bond motifs is 1. The average Bonchev–Trinajstić information content (AvgIpc) is 2.86. The van der Waals surface area contributed by atoms with Crippen molar-refractivity contribution in [2.75, 3.05) is 11.5 Å². The van der Waals surface area contributed by atoms with Crippen LogP contribution < -0.4 is 0 Å². The van der Waals surface area contributed by atoms with E-state index < -0.39 is 9.84 Å². The van der Waals surface area contributed by atoms with Gasteiger partial charge in [0.05, 0.1) is 17.2 Å². The van der Waals surface area contributed by atoms with Crippen LogP contribution in [0.5, 0.6) is 0 Å². The highest BCUT2D eigenvalue weighted by molar-refractivity contribution is 9.10. The summed E-state index contributed by atoms with van der Waals surface area (Å²) in [4.78, 5) is 3.08. The minimum absolute atomic E-state index is 0.146. The van der Waals surface area contributed by atoms with Crippen molar-refractivity contribution in [3.63, 3.8) is 0 Å². The fourth-order valence-electron chi connectivity index (χ4n) is 2.03. The molecule has 1 aliphatic heterocycles. The van der Waals surface area contributed by atoms with Crippen LogP contribution in [0.4, 0.5) is 0 Å². The average molecular weight is 331 g/mol. The Bertz CT molecular complexity index is 689. The molecule has 0 unspecified atom stereocenters. The molecule has 0 radical (unpaired) electrons. The van der Waals surface area contributed by atoms with Crippen LogP contribution in [0.25, 0.3) is 11.5 Å². The van der Waals surface area contributed by atoms with Crippen molar-refractivity contribution >= 4 is 25.8 Å². The Morgan fingerprint density at radius 2 is 2.17 bits per heavy atom. The summed E-state index contributed by atoms with van der Waals surface area (Å²) >= 11 is 3.36. The van der Waals surface area contributed by atoms with Crippen molar-refractivity contribution in [1.82, 2.24) is 19.7 Å². The van der Waals surface area contributed by atoms with Gasteiger partial charge in [0.25, 0.3) is 0 Å². The molecule has 2 aromatic heterocycles. The van der Waals surface area contributed by atoms with Crippen molar-refractivity contribution in [2.24, 2.45) is 0 Å². The van der Waals surface area contributed by atoms with E-state index in [1.165, 1.54) is 0 Å². The molecule has 0 saturated heterocycles.